The SMILES string of the molecule is CC.CCCC(C)(CC(C)ON1C(C)(C)CCCC1(C)C)c1ccccc1. The molecule has 0 N–H and O–H groups in total. The number of rotatable bonds is 7. The summed E-state index contributed by atoms with van der Waals surface area (Å²) in [5.41, 5.74) is 1.80. The summed E-state index contributed by atoms with van der Waals surface area (Å²) < 4.78 is 0. The molecule has 2 nitrogen and oxygen atoms in total. The molecule has 1 aliphatic rings. The Morgan fingerprint density at radius 2 is 1.56 bits per heavy atom. The van der Waals surface area contributed by atoms with Gasteiger partial charge in [0.1, 0.15) is 0 Å². The Kier molecular flexibility index (Phi) is 9.02. The molecule has 0 amide bonds. The fourth-order valence-corrected chi connectivity index (χ4v) is 4.87. The minimum Gasteiger partial charge on any atom is -0.295 e. The highest BCUT2D eigenvalue weighted by atomic mass is 16.7. The Morgan fingerprint density at radius 3 is 2.04 bits per heavy atom. The zero-order valence-electron chi connectivity index (χ0n) is 19.6. The van der Waals surface area contributed by atoms with Crippen molar-refractivity contribution in [1.29, 1.82) is 0 Å². The Morgan fingerprint density at radius 1 is 1.04 bits per heavy atom. The van der Waals surface area contributed by atoms with Gasteiger partial charge in [0.25, 0.3) is 0 Å². The van der Waals surface area contributed by atoms with Crippen LogP contribution in [0.4, 0.5) is 0 Å². The lowest BCUT2D eigenvalue weighted by atomic mass is 9.74. The Hall–Kier alpha value is -0.860. The molecular weight excluding hydrogens is 330 g/mol. The summed E-state index contributed by atoms with van der Waals surface area (Å²) in [7, 11) is 0. The summed E-state index contributed by atoms with van der Waals surface area (Å²) in [6.45, 7) is 20.2. The first-order valence-corrected chi connectivity index (χ1v) is 11.1. The van der Waals surface area contributed by atoms with Crippen molar-refractivity contribution in [2.45, 2.75) is 123 Å². The summed E-state index contributed by atoms with van der Waals surface area (Å²) in [5, 5.41) is 2.31. The van der Waals surface area contributed by atoms with Crippen LogP contribution < -0.4 is 0 Å². The van der Waals surface area contributed by atoms with Crippen molar-refractivity contribution in [3.63, 3.8) is 0 Å². The first-order chi connectivity index (χ1) is 12.6. The van der Waals surface area contributed by atoms with Crippen LogP contribution in [0.2, 0.25) is 0 Å². The highest BCUT2D eigenvalue weighted by molar-refractivity contribution is 5.24. The minimum atomic E-state index is 0.101. The van der Waals surface area contributed by atoms with Gasteiger partial charge in [0.2, 0.25) is 0 Å². The first kappa shape index (κ1) is 24.2. The fourth-order valence-electron chi connectivity index (χ4n) is 4.87. The minimum absolute atomic E-state index is 0.101. The molecule has 156 valence electrons. The van der Waals surface area contributed by atoms with Gasteiger partial charge in [0, 0.05) is 11.1 Å². The molecule has 1 saturated heterocycles. The van der Waals surface area contributed by atoms with E-state index in [2.05, 4.69) is 83.9 Å². The summed E-state index contributed by atoms with van der Waals surface area (Å²) in [5.74, 6) is 0. The second-order valence-electron chi connectivity index (χ2n) is 9.57. The van der Waals surface area contributed by atoms with E-state index in [1.165, 1.54) is 37.7 Å². The van der Waals surface area contributed by atoms with Gasteiger partial charge in [-0.25, -0.2) is 0 Å². The first-order valence-electron chi connectivity index (χ1n) is 11.1. The molecule has 2 unspecified atom stereocenters. The largest absolute Gasteiger partial charge is 0.295 e. The van der Waals surface area contributed by atoms with Crippen molar-refractivity contribution in [1.82, 2.24) is 5.06 Å². The highest BCUT2D eigenvalue weighted by Gasteiger charge is 2.43. The monoisotopic (exact) mass is 375 g/mol. The molecule has 0 aliphatic carbocycles. The maximum Gasteiger partial charge on any atom is 0.0774 e. The molecule has 0 saturated carbocycles. The third-order valence-electron chi connectivity index (χ3n) is 5.97. The molecule has 0 spiro atoms. The lowest BCUT2D eigenvalue weighted by molar-refractivity contribution is -0.304. The van der Waals surface area contributed by atoms with Crippen LogP contribution in [0.1, 0.15) is 106 Å². The van der Waals surface area contributed by atoms with Crippen molar-refractivity contribution in [3.05, 3.63) is 35.9 Å². The molecule has 1 fully saturated rings. The van der Waals surface area contributed by atoms with Crippen LogP contribution >= 0.6 is 0 Å². The van der Waals surface area contributed by atoms with E-state index >= 15 is 0 Å². The molecule has 0 aromatic heterocycles. The van der Waals surface area contributed by atoms with E-state index < -0.39 is 0 Å². The molecule has 1 aromatic rings. The predicted octanol–water partition coefficient (Wildman–Crippen LogP) is 7.52. The summed E-state index contributed by atoms with van der Waals surface area (Å²) in [6, 6.07) is 11.0. The van der Waals surface area contributed by atoms with Gasteiger partial charge < -0.3 is 0 Å². The van der Waals surface area contributed by atoms with Gasteiger partial charge in [-0.1, -0.05) is 64.4 Å². The van der Waals surface area contributed by atoms with E-state index in [0.717, 1.165) is 6.42 Å². The summed E-state index contributed by atoms with van der Waals surface area (Å²) in [4.78, 5) is 6.62. The van der Waals surface area contributed by atoms with E-state index in [9.17, 15) is 0 Å². The lowest BCUT2D eigenvalue weighted by Gasteiger charge is -2.52. The van der Waals surface area contributed by atoms with Crippen LogP contribution in [0, 0.1) is 0 Å². The number of piperidine rings is 1. The van der Waals surface area contributed by atoms with Crippen LogP contribution in [-0.2, 0) is 10.3 Å². The molecule has 1 aromatic carbocycles. The van der Waals surface area contributed by atoms with Gasteiger partial charge in [-0.15, -0.1) is 0 Å². The fraction of sp³-hybridized carbons (Fsp3) is 0.760. The Balaban J connectivity index is 0.00000176. The Bertz CT molecular complexity index is 521. The number of hydroxylamine groups is 2. The zero-order chi connectivity index (χ0) is 20.7. The van der Waals surface area contributed by atoms with Crippen molar-refractivity contribution in [3.8, 4) is 0 Å². The molecule has 0 bridgehead atoms. The third kappa shape index (κ3) is 6.32. The lowest BCUT2D eigenvalue weighted by Crippen LogP contribution is -2.59. The number of hydrogen-bond acceptors (Lipinski definition) is 2. The summed E-state index contributed by atoms with van der Waals surface area (Å²) >= 11 is 0. The number of hydrogen-bond donors (Lipinski definition) is 0. The Labute approximate surface area is 169 Å². The van der Waals surface area contributed by atoms with Crippen LogP contribution in [-0.4, -0.2) is 22.2 Å². The van der Waals surface area contributed by atoms with Crippen LogP contribution in [0.25, 0.3) is 0 Å². The second kappa shape index (κ2) is 10.1. The van der Waals surface area contributed by atoms with Gasteiger partial charge in [-0.2, -0.15) is 5.06 Å². The van der Waals surface area contributed by atoms with Gasteiger partial charge in [-0.3, -0.25) is 4.84 Å². The average Bonchev–Trinajstić information content (AvgIpc) is 2.61. The molecule has 1 heterocycles. The normalized spacial score (nSPS) is 22.3. The molecular formula is C25H45NO. The topological polar surface area (TPSA) is 12.5 Å². The zero-order valence-corrected chi connectivity index (χ0v) is 19.6. The molecule has 2 rings (SSSR count). The maximum atomic E-state index is 6.62. The van der Waals surface area contributed by atoms with Gasteiger partial charge in [-0.05, 0) is 77.7 Å². The van der Waals surface area contributed by atoms with Crippen molar-refractivity contribution in [2.75, 3.05) is 0 Å². The maximum absolute atomic E-state index is 6.62. The third-order valence-corrected chi connectivity index (χ3v) is 5.97. The molecule has 2 heteroatoms. The number of nitrogens with zero attached hydrogens (tertiary/aromatic N) is 1. The quantitative estimate of drug-likeness (QED) is 0.488. The standard InChI is InChI=1S/C23H39NO.C2H6/c1-8-15-23(7,20-13-10-9-11-14-20)18-19(2)25-24-21(3,4)16-12-17-22(24,5)6;1-2/h9-11,13-14,19H,8,12,15-18H2,1-7H3;1-2H3. The molecule has 2 atom stereocenters. The van der Waals surface area contributed by atoms with Crippen molar-refractivity contribution >= 4 is 0 Å². The molecule has 1 aliphatic heterocycles. The summed E-state index contributed by atoms with van der Waals surface area (Å²) in [6.07, 6.45) is 7.33. The average molecular weight is 376 g/mol. The van der Waals surface area contributed by atoms with E-state index in [0.29, 0.717) is 0 Å². The van der Waals surface area contributed by atoms with E-state index in [1.807, 2.05) is 13.8 Å². The van der Waals surface area contributed by atoms with E-state index in [1.54, 1.807) is 0 Å². The number of benzene rings is 1. The van der Waals surface area contributed by atoms with E-state index in [4.69, 9.17) is 4.84 Å². The highest BCUT2D eigenvalue weighted by Crippen LogP contribution is 2.40. The van der Waals surface area contributed by atoms with E-state index in [-0.39, 0.29) is 22.6 Å². The smallest absolute Gasteiger partial charge is 0.0774 e. The van der Waals surface area contributed by atoms with Crippen molar-refractivity contribution < 1.29 is 4.84 Å². The van der Waals surface area contributed by atoms with Crippen molar-refractivity contribution in [2.24, 2.45) is 0 Å². The van der Waals surface area contributed by atoms with Crippen LogP contribution in [0.3, 0.4) is 0 Å². The van der Waals surface area contributed by atoms with Gasteiger partial charge in [0.05, 0.1) is 6.10 Å². The molecule has 0 radical (unpaired) electrons. The van der Waals surface area contributed by atoms with Crippen LogP contribution in [0.5, 0.6) is 0 Å². The van der Waals surface area contributed by atoms with Gasteiger partial charge >= 0.3 is 0 Å². The predicted molar refractivity (Wildman–Crippen MR) is 119 cm³/mol. The second-order valence-corrected chi connectivity index (χ2v) is 9.57. The van der Waals surface area contributed by atoms with Gasteiger partial charge in [0.15, 0.2) is 0 Å². The van der Waals surface area contributed by atoms with Crippen LogP contribution in [0.15, 0.2) is 30.3 Å². The molecule has 27 heavy (non-hydrogen) atoms.